The lowest BCUT2D eigenvalue weighted by Crippen LogP contribution is -2.07. The molecule has 0 amide bonds. The van der Waals surface area contributed by atoms with Gasteiger partial charge in [-0.3, -0.25) is 0 Å². The molecule has 0 radical (unpaired) electrons. The molecule has 2 rings (SSSR count). The van der Waals surface area contributed by atoms with E-state index in [-0.39, 0.29) is 6.04 Å². The fraction of sp³-hybridized carbons (Fsp3) is 0.143. The summed E-state index contributed by atoms with van der Waals surface area (Å²) >= 11 is 21.6. The van der Waals surface area contributed by atoms with Gasteiger partial charge in [-0.15, -0.1) is 0 Å². The van der Waals surface area contributed by atoms with Crippen LogP contribution in [-0.4, -0.2) is 0 Å². The number of rotatable bonds is 3. The minimum atomic E-state index is 0.0246. The number of hydrogen-bond acceptors (Lipinski definition) is 1. The second-order valence-corrected chi connectivity index (χ2v) is 6.22. The summed E-state index contributed by atoms with van der Waals surface area (Å²) in [4.78, 5) is 0. The standard InChI is InChI=1S/C14H11BrCl3N/c1-8(19-10-4-2-3-9(15)7-10)11-5-6-12(16)14(18)13(11)17/h2-8,19H,1H3. The molecule has 0 aromatic heterocycles. The monoisotopic (exact) mass is 377 g/mol. The van der Waals surface area contributed by atoms with Crippen LogP contribution < -0.4 is 5.32 Å². The Bertz CT molecular complexity index is 601. The van der Waals surface area contributed by atoms with Crippen LogP contribution in [0.25, 0.3) is 0 Å². The van der Waals surface area contributed by atoms with E-state index >= 15 is 0 Å². The predicted octanol–water partition coefficient (Wildman–Crippen LogP) is 6.58. The van der Waals surface area contributed by atoms with Gasteiger partial charge in [0.05, 0.1) is 21.1 Å². The Kier molecular flexibility index (Phi) is 5.02. The van der Waals surface area contributed by atoms with Crippen molar-refractivity contribution in [3.63, 3.8) is 0 Å². The quantitative estimate of drug-likeness (QED) is 0.594. The summed E-state index contributed by atoms with van der Waals surface area (Å²) in [6, 6.07) is 11.6. The van der Waals surface area contributed by atoms with Gasteiger partial charge in [-0.1, -0.05) is 62.9 Å². The Hall–Kier alpha value is -0.410. The largest absolute Gasteiger partial charge is 0.378 e. The molecule has 100 valence electrons. The van der Waals surface area contributed by atoms with Gasteiger partial charge in [0, 0.05) is 10.2 Å². The highest BCUT2D eigenvalue weighted by Crippen LogP contribution is 2.36. The molecule has 0 saturated carbocycles. The molecule has 1 unspecified atom stereocenters. The second kappa shape index (κ2) is 6.36. The third-order valence-corrected chi connectivity index (χ3v) is 4.54. The van der Waals surface area contributed by atoms with Gasteiger partial charge in [0.1, 0.15) is 0 Å². The summed E-state index contributed by atoms with van der Waals surface area (Å²) < 4.78 is 1.02. The maximum absolute atomic E-state index is 6.23. The van der Waals surface area contributed by atoms with Crippen molar-refractivity contribution in [2.75, 3.05) is 5.32 Å². The van der Waals surface area contributed by atoms with Crippen molar-refractivity contribution >= 4 is 56.4 Å². The molecular weight excluding hydrogens is 368 g/mol. The molecular formula is C14H11BrCl3N. The fourth-order valence-electron chi connectivity index (χ4n) is 1.78. The first-order valence-corrected chi connectivity index (χ1v) is 7.57. The second-order valence-electron chi connectivity index (χ2n) is 4.14. The molecule has 0 heterocycles. The molecule has 0 aliphatic rings. The van der Waals surface area contributed by atoms with Gasteiger partial charge in [-0.05, 0) is 36.8 Å². The number of hydrogen-bond donors (Lipinski definition) is 1. The van der Waals surface area contributed by atoms with Crippen LogP contribution >= 0.6 is 50.7 Å². The molecule has 0 aliphatic carbocycles. The molecule has 0 fully saturated rings. The average Bonchev–Trinajstić information content (AvgIpc) is 2.36. The molecule has 1 atom stereocenters. The Morgan fingerprint density at radius 2 is 1.79 bits per heavy atom. The zero-order valence-corrected chi connectivity index (χ0v) is 13.9. The van der Waals surface area contributed by atoms with E-state index in [0.29, 0.717) is 15.1 Å². The van der Waals surface area contributed by atoms with Gasteiger partial charge in [-0.25, -0.2) is 0 Å². The highest BCUT2D eigenvalue weighted by Gasteiger charge is 2.14. The van der Waals surface area contributed by atoms with Crippen LogP contribution in [0.2, 0.25) is 15.1 Å². The van der Waals surface area contributed by atoms with E-state index in [4.69, 9.17) is 34.8 Å². The fourth-order valence-corrected chi connectivity index (χ4v) is 2.89. The highest BCUT2D eigenvalue weighted by molar-refractivity contribution is 9.10. The van der Waals surface area contributed by atoms with Crippen molar-refractivity contribution in [1.29, 1.82) is 0 Å². The molecule has 2 aromatic rings. The van der Waals surface area contributed by atoms with E-state index in [2.05, 4.69) is 21.2 Å². The predicted molar refractivity (Wildman–Crippen MR) is 87.7 cm³/mol. The smallest absolute Gasteiger partial charge is 0.0782 e. The highest BCUT2D eigenvalue weighted by atomic mass is 79.9. The van der Waals surface area contributed by atoms with E-state index in [1.54, 1.807) is 6.07 Å². The number of nitrogens with one attached hydrogen (secondary N) is 1. The zero-order valence-electron chi connectivity index (χ0n) is 10.1. The first kappa shape index (κ1) is 15.0. The number of benzene rings is 2. The molecule has 0 saturated heterocycles. The number of halogens is 4. The maximum Gasteiger partial charge on any atom is 0.0782 e. The van der Waals surface area contributed by atoms with E-state index in [9.17, 15) is 0 Å². The minimum absolute atomic E-state index is 0.0246. The third-order valence-electron chi connectivity index (χ3n) is 2.74. The number of anilines is 1. The molecule has 1 nitrogen and oxygen atoms in total. The van der Waals surface area contributed by atoms with Crippen molar-refractivity contribution in [2.24, 2.45) is 0 Å². The lowest BCUT2D eigenvalue weighted by molar-refractivity contribution is 0.885. The van der Waals surface area contributed by atoms with Gasteiger partial charge in [0.25, 0.3) is 0 Å². The van der Waals surface area contributed by atoms with Crippen molar-refractivity contribution in [1.82, 2.24) is 0 Å². The van der Waals surface area contributed by atoms with Gasteiger partial charge in [-0.2, -0.15) is 0 Å². The van der Waals surface area contributed by atoms with Crippen molar-refractivity contribution in [3.8, 4) is 0 Å². The van der Waals surface area contributed by atoms with Crippen LogP contribution in [0.4, 0.5) is 5.69 Å². The van der Waals surface area contributed by atoms with Crippen LogP contribution in [0.15, 0.2) is 40.9 Å². The normalized spacial score (nSPS) is 12.3. The minimum Gasteiger partial charge on any atom is -0.378 e. The Morgan fingerprint density at radius 1 is 1.05 bits per heavy atom. The Balaban J connectivity index is 2.25. The zero-order chi connectivity index (χ0) is 14.0. The summed E-state index contributed by atoms with van der Waals surface area (Å²) in [5.74, 6) is 0. The summed E-state index contributed by atoms with van der Waals surface area (Å²) in [6.45, 7) is 2.02. The van der Waals surface area contributed by atoms with Gasteiger partial charge >= 0.3 is 0 Å². The molecule has 2 aromatic carbocycles. The molecule has 0 bridgehead atoms. The van der Waals surface area contributed by atoms with Crippen LogP contribution in [0.1, 0.15) is 18.5 Å². The van der Waals surface area contributed by atoms with Gasteiger partial charge in [0.2, 0.25) is 0 Å². The van der Waals surface area contributed by atoms with E-state index in [1.165, 1.54) is 0 Å². The maximum atomic E-state index is 6.23. The van der Waals surface area contributed by atoms with Crippen molar-refractivity contribution < 1.29 is 0 Å². The molecule has 0 aliphatic heterocycles. The topological polar surface area (TPSA) is 12.0 Å². The summed E-state index contributed by atoms with van der Waals surface area (Å²) in [5.41, 5.74) is 1.92. The first-order chi connectivity index (χ1) is 8.99. The molecule has 1 N–H and O–H groups in total. The van der Waals surface area contributed by atoms with E-state index < -0.39 is 0 Å². The van der Waals surface area contributed by atoms with Crippen LogP contribution in [0, 0.1) is 0 Å². The Labute approximate surface area is 136 Å². The van der Waals surface area contributed by atoms with Gasteiger partial charge in [0.15, 0.2) is 0 Å². The van der Waals surface area contributed by atoms with Gasteiger partial charge < -0.3 is 5.32 Å². The van der Waals surface area contributed by atoms with Crippen LogP contribution in [0.3, 0.4) is 0 Å². The lowest BCUT2D eigenvalue weighted by atomic mass is 10.1. The molecule has 19 heavy (non-hydrogen) atoms. The Morgan fingerprint density at radius 3 is 2.47 bits per heavy atom. The summed E-state index contributed by atoms with van der Waals surface area (Å²) in [7, 11) is 0. The molecule has 0 spiro atoms. The SMILES string of the molecule is CC(Nc1cccc(Br)c1)c1ccc(Cl)c(Cl)c1Cl. The lowest BCUT2D eigenvalue weighted by Gasteiger charge is -2.18. The summed E-state index contributed by atoms with van der Waals surface area (Å²) in [6.07, 6.45) is 0. The van der Waals surface area contributed by atoms with Crippen molar-refractivity contribution in [2.45, 2.75) is 13.0 Å². The van der Waals surface area contributed by atoms with E-state index in [0.717, 1.165) is 15.7 Å². The van der Waals surface area contributed by atoms with Crippen LogP contribution in [-0.2, 0) is 0 Å². The van der Waals surface area contributed by atoms with Crippen LogP contribution in [0.5, 0.6) is 0 Å². The summed E-state index contributed by atoms with van der Waals surface area (Å²) in [5, 5.41) is 4.72. The first-order valence-electron chi connectivity index (χ1n) is 5.64. The van der Waals surface area contributed by atoms with E-state index in [1.807, 2.05) is 37.3 Å². The molecule has 5 heteroatoms. The van der Waals surface area contributed by atoms with Crippen molar-refractivity contribution in [3.05, 3.63) is 61.5 Å². The third kappa shape index (κ3) is 3.57. The average molecular weight is 380 g/mol.